The molecule has 1 N–H and O–H groups in total. The smallest absolute Gasteiger partial charge is 0.321 e. The van der Waals surface area contributed by atoms with Crippen LogP contribution in [0, 0.1) is 5.21 Å². The number of ether oxygens (including phenoxy) is 2. The monoisotopic (exact) mass is 348 g/mol. The maximum absolute atomic E-state index is 12.3. The number of anilines is 1. The second-order valence-corrected chi connectivity index (χ2v) is 5.89. The van der Waals surface area contributed by atoms with Crippen LogP contribution in [0.4, 0.5) is 5.69 Å². The summed E-state index contributed by atoms with van der Waals surface area (Å²) in [6.07, 6.45) is 3.30. The minimum Gasteiger partial charge on any atom is -0.618 e. The lowest BCUT2D eigenvalue weighted by Crippen LogP contribution is -2.36. The molecule has 2 aromatic rings. The number of halogens is 1. The Morgan fingerprint density at radius 2 is 2.29 bits per heavy atom. The van der Waals surface area contributed by atoms with Crippen molar-refractivity contribution in [3.63, 3.8) is 0 Å². The van der Waals surface area contributed by atoms with Gasteiger partial charge in [-0.15, -0.1) is 0 Å². The molecule has 1 aliphatic rings. The van der Waals surface area contributed by atoms with Gasteiger partial charge in [-0.1, -0.05) is 11.6 Å². The van der Waals surface area contributed by atoms with Crippen LogP contribution in [0.2, 0.25) is 5.02 Å². The first-order chi connectivity index (χ1) is 11.6. The Kier molecular flexibility index (Phi) is 5.17. The SMILES string of the molecule is O=C(Nc1cc(Cl)ccc1OC[C@H]1CCCO1)c1cccc[n+]1[O-]. The Labute approximate surface area is 144 Å². The summed E-state index contributed by atoms with van der Waals surface area (Å²) in [4.78, 5) is 12.3. The highest BCUT2D eigenvalue weighted by atomic mass is 35.5. The summed E-state index contributed by atoms with van der Waals surface area (Å²) < 4.78 is 11.8. The van der Waals surface area contributed by atoms with Crippen molar-refractivity contribution >= 4 is 23.2 Å². The Hall–Kier alpha value is -2.31. The van der Waals surface area contributed by atoms with Crippen LogP contribution in [0.25, 0.3) is 0 Å². The number of aromatic nitrogens is 1. The maximum atomic E-state index is 12.3. The molecule has 1 fully saturated rings. The molecule has 1 atom stereocenters. The average Bonchev–Trinajstić information content (AvgIpc) is 3.08. The quantitative estimate of drug-likeness (QED) is 0.666. The zero-order valence-corrected chi connectivity index (χ0v) is 13.7. The van der Waals surface area contributed by atoms with E-state index < -0.39 is 5.91 Å². The molecular formula is C17H17ClN2O4. The Balaban J connectivity index is 1.75. The first-order valence-electron chi connectivity index (χ1n) is 7.67. The minimum atomic E-state index is -0.533. The van der Waals surface area contributed by atoms with E-state index in [1.54, 1.807) is 30.3 Å². The van der Waals surface area contributed by atoms with Crippen molar-refractivity contribution in [1.29, 1.82) is 0 Å². The maximum Gasteiger partial charge on any atom is 0.321 e. The van der Waals surface area contributed by atoms with Gasteiger partial charge in [0.2, 0.25) is 0 Å². The number of nitrogens with zero attached hydrogens (tertiary/aromatic N) is 1. The third-order valence-electron chi connectivity index (χ3n) is 3.70. The Morgan fingerprint density at radius 1 is 1.42 bits per heavy atom. The van der Waals surface area contributed by atoms with Crippen LogP contribution in [0.1, 0.15) is 23.3 Å². The summed E-state index contributed by atoms with van der Waals surface area (Å²) in [5, 5.41) is 14.8. The lowest BCUT2D eigenvalue weighted by Gasteiger charge is -2.15. The standard InChI is InChI=1S/C17H17ClN2O4/c18-12-6-7-16(24-11-13-4-3-9-23-13)14(10-12)19-17(21)15-5-1-2-8-20(15)22/h1-2,5-8,10,13H,3-4,9,11H2,(H,19,21)/t13-/m1/s1. The molecular weight excluding hydrogens is 332 g/mol. The van der Waals surface area contributed by atoms with Gasteiger partial charge >= 0.3 is 5.91 Å². The highest BCUT2D eigenvalue weighted by Gasteiger charge is 2.19. The molecule has 3 rings (SSSR count). The van der Waals surface area contributed by atoms with Crippen LogP contribution < -0.4 is 14.8 Å². The van der Waals surface area contributed by atoms with E-state index in [0.717, 1.165) is 19.4 Å². The fourth-order valence-electron chi connectivity index (χ4n) is 2.47. The molecule has 1 amide bonds. The zero-order chi connectivity index (χ0) is 16.9. The van der Waals surface area contributed by atoms with Crippen molar-refractivity contribution in [2.45, 2.75) is 18.9 Å². The van der Waals surface area contributed by atoms with Gasteiger partial charge in [0.25, 0.3) is 5.69 Å². The first kappa shape index (κ1) is 16.5. The van der Waals surface area contributed by atoms with Crippen molar-refractivity contribution in [1.82, 2.24) is 0 Å². The van der Waals surface area contributed by atoms with E-state index in [1.807, 2.05) is 0 Å². The molecule has 1 aromatic carbocycles. The lowest BCUT2D eigenvalue weighted by molar-refractivity contribution is -0.607. The van der Waals surface area contributed by atoms with Crippen LogP contribution >= 0.6 is 11.6 Å². The van der Waals surface area contributed by atoms with Gasteiger partial charge in [-0.05, 0) is 37.1 Å². The molecule has 1 aliphatic heterocycles. The van der Waals surface area contributed by atoms with Crippen molar-refractivity contribution in [3.05, 3.63) is 58.5 Å². The molecule has 1 aromatic heterocycles. The first-order valence-corrected chi connectivity index (χ1v) is 8.05. The second-order valence-electron chi connectivity index (χ2n) is 5.45. The van der Waals surface area contributed by atoms with E-state index >= 15 is 0 Å². The number of hydrogen-bond acceptors (Lipinski definition) is 4. The molecule has 0 saturated carbocycles. The van der Waals surface area contributed by atoms with Crippen molar-refractivity contribution in [2.24, 2.45) is 0 Å². The van der Waals surface area contributed by atoms with E-state index in [-0.39, 0.29) is 11.8 Å². The van der Waals surface area contributed by atoms with Gasteiger partial charge in [0.1, 0.15) is 12.4 Å². The Bertz CT molecular complexity index is 732. The van der Waals surface area contributed by atoms with Gasteiger partial charge in [0, 0.05) is 23.8 Å². The number of carbonyl (C=O) groups excluding carboxylic acids is 1. The van der Waals surface area contributed by atoms with Gasteiger partial charge in [0.15, 0.2) is 6.20 Å². The minimum absolute atomic E-state index is 0.0115. The molecule has 1 saturated heterocycles. The van der Waals surface area contributed by atoms with Crippen molar-refractivity contribution in [2.75, 3.05) is 18.5 Å². The highest BCUT2D eigenvalue weighted by Crippen LogP contribution is 2.29. The van der Waals surface area contributed by atoms with Gasteiger partial charge in [-0.25, -0.2) is 0 Å². The predicted molar refractivity (Wildman–Crippen MR) is 89.3 cm³/mol. The molecule has 6 nitrogen and oxygen atoms in total. The number of amides is 1. The van der Waals surface area contributed by atoms with Gasteiger partial charge in [0.05, 0.1) is 11.8 Å². The summed E-state index contributed by atoms with van der Waals surface area (Å²) in [6.45, 7) is 1.15. The van der Waals surface area contributed by atoms with Crippen LogP contribution in [0.15, 0.2) is 42.6 Å². The Morgan fingerprint density at radius 3 is 3.04 bits per heavy atom. The van der Waals surface area contributed by atoms with E-state index in [9.17, 15) is 10.0 Å². The van der Waals surface area contributed by atoms with Crippen molar-refractivity contribution < 1.29 is 19.0 Å². The zero-order valence-electron chi connectivity index (χ0n) is 12.9. The van der Waals surface area contributed by atoms with Crippen LogP contribution in [0.5, 0.6) is 5.75 Å². The van der Waals surface area contributed by atoms with Crippen LogP contribution in [-0.2, 0) is 4.74 Å². The summed E-state index contributed by atoms with van der Waals surface area (Å²) in [7, 11) is 0. The molecule has 0 radical (unpaired) electrons. The summed E-state index contributed by atoms with van der Waals surface area (Å²) in [5.74, 6) is -0.0496. The second kappa shape index (κ2) is 7.51. The molecule has 0 aliphatic carbocycles. The number of rotatable bonds is 5. The largest absolute Gasteiger partial charge is 0.618 e. The van der Waals surface area contributed by atoms with E-state index in [1.165, 1.54) is 12.3 Å². The van der Waals surface area contributed by atoms with Gasteiger partial charge in [-0.2, -0.15) is 4.73 Å². The predicted octanol–water partition coefficient (Wildman–Crippen LogP) is 2.78. The van der Waals surface area contributed by atoms with Gasteiger partial charge in [-0.3, -0.25) is 4.79 Å². The number of pyridine rings is 1. The normalized spacial score (nSPS) is 16.8. The average molecular weight is 349 g/mol. The molecule has 7 heteroatoms. The third-order valence-corrected chi connectivity index (χ3v) is 3.93. The van der Waals surface area contributed by atoms with Crippen molar-refractivity contribution in [3.8, 4) is 5.75 Å². The summed E-state index contributed by atoms with van der Waals surface area (Å²) in [6, 6.07) is 9.57. The molecule has 0 unspecified atom stereocenters. The number of hydrogen-bond donors (Lipinski definition) is 1. The highest BCUT2D eigenvalue weighted by molar-refractivity contribution is 6.31. The fourth-order valence-corrected chi connectivity index (χ4v) is 2.65. The van der Waals surface area contributed by atoms with E-state index in [2.05, 4.69) is 5.32 Å². The van der Waals surface area contributed by atoms with Crippen LogP contribution in [0.3, 0.4) is 0 Å². The molecule has 2 heterocycles. The van der Waals surface area contributed by atoms with Gasteiger partial charge < -0.3 is 20.0 Å². The number of benzene rings is 1. The fraction of sp³-hybridized carbons (Fsp3) is 0.294. The third kappa shape index (κ3) is 3.96. The lowest BCUT2D eigenvalue weighted by atomic mass is 10.2. The molecule has 0 bridgehead atoms. The molecule has 126 valence electrons. The topological polar surface area (TPSA) is 74.5 Å². The van der Waals surface area contributed by atoms with Crippen LogP contribution in [-0.4, -0.2) is 25.2 Å². The molecule has 24 heavy (non-hydrogen) atoms. The molecule has 0 spiro atoms. The van der Waals surface area contributed by atoms with E-state index in [4.69, 9.17) is 21.1 Å². The summed E-state index contributed by atoms with van der Waals surface area (Å²) in [5.41, 5.74) is 0.400. The number of carbonyl (C=O) groups is 1. The summed E-state index contributed by atoms with van der Waals surface area (Å²) >= 11 is 6.01. The number of nitrogens with one attached hydrogen (secondary N) is 1. The van der Waals surface area contributed by atoms with E-state index in [0.29, 0.717) is 27.8 Å².